The molecular weight excluding hydrogens is 268 g/mol. The zero-order chi connectivity index (χ0) is 4.99. The third-order valence-electron chi connectivity index (χ3n) is 0.337. The van der Waals surface area contributed by atoms with Crippen LogP contribution < -0.4 is 5.73 Å². The summed E-state index contributed by atoms with van der Waals surface area (Å²) in [5.74, 6) is -0.505. The van der Waals surface area contributed by atoms with Crippen LogP contribution in [0.3, 0.4) is 0 Å². The van der Waals surface area contributed by atoms with Crippen molar-refractivity contribution in [1.29, 1.82) is 0 Å². The van der Waals surface area contributed by atoms with Crippen molar-refractivity contribution >= 4 is 5.97 Å². The average molecular weight is 274 g/mol. The van der Waals surface area contributed by atoms with E-state index in [1.165, 1.54) is 7.11 Å². The molecule has 0 aliphatic rings. The number of ether oxygens (including phenoxy) is 1. The topological polar surface area (TPSA) is 52.3 Å². The molecule has 0 saturated heterocycles. The normalized spacial score (nSPS) is 6.00. The average Bonchev–Trinajstić information content (AvgIpc) is 1.65. The maximum Gasteiger partial charge on any atom is 0.179 e. The third-order valence-corrected chi connectivity index (χ3v) is 0.337. The molecule has 7 heavy (non-hydrogen) atoms. The largest absolute Gasteiger partial charge is 0.490 e. The predicted molar refractivity (Wildman–Crippen MR) is 20.5 cm³/mol. The molecule has 0 aliphatic carbocycles. The first-order chi connectivity index (χ1) is 2.81. The van der Waals surface area contributed by atoms with E-state index in [4.69, 9.17) is 0 Å². The SMILES string of the molecule is COC(=O)[CH-]N.[Re]. The summed E-state index contributed by atoms with van der Waals surface area (Å²) in [7, 11) is 1.27. The summed E-state index contributed by atoms with van der Waals surface area (Å²) < 4.78 is 4.08. The number of carbonyl (C=O) groups excluding carboxylic acids is 1. The van der Waals surface area contributed by atoms with Gasteiger partial charge in [-0.2, -0.15) is 0 Å². The van der Waals surface area contributed by atoms with Crippen LogP contribution in [0.5, 0.6) is 0 Å². The second kappa shape index (κ2) is 5.96. The van der Waals surface area contributed by atoms with E-state index in [9.17, 15) is 4.79 Å². The summed E-state index contributed by atoms with van der Waals surface area (Å²) in [4.78, 5) is 9.78. The Labute approximate surface area is 55.9 Å². The van der Waals surface area contributed by atoms with Crippen LogP contribution in [0.4, 0.5) is 0 Å². The van der Waals surface area contributed by atoms with Crippen LogP contribution in [0.1, 0.15) is 0 Å². The molecule has 0 aliphatic heterocycles. The Morgan fingerprint density at radius 2 is 2.29 bits per heavy atom. The van der Waals surface area contributed by atoms with Gasteiger partial charge in [-0.15, -0.1) is 0 Å². The summed E-state index contributed by atoms with van der Waals surface area (Å²) in [5.41, 5.74) is 4.68. The molecule has 0 atom stereocenters. The Bertz CT molecular complexity index is 50.9. The quantitative estimate of drug-likeness (QED) is 0.507. The van der Waals surface area contributed by atoms with Gasteiger partial charge in [0, 0.05) is 20.4 Å². The van der Waals surface area contributed by atoms with Gasteiger partial charge >= 0.3 is 0 Å². The summed E-state index contributed by atoms with van der Waals surface area (Å²) in [6.07, 6.45) is 0. The van der Waals surface area contributed by atoms with E-state index >= 15 is 0 Å². The molecule has 0 fully saturated rings. The molecule has 0 aromatic heterocycles. The van der Waals surface area contributed by atoms with Crippen molar-refractivity contribution in [1.82, 2.24) is 0 Å². The number of carbonyl (C=O) groups is 1. The maximum atomic E-state index is 9.78. The van der Waals surface area contributed by atoms with Gasteiger partial charge in [0.15, 0.2) is 5.97 Å². The standard InChI is InChI=1S/C3H6NO2.Re/c1-6-3(5)2-4;/h2H,4H2,1H3;/q-1;. The number of methoxy groups -OCH3 is 1. The van der Waals surface area contributed by atoms with Crippen molar-refractivity contribution in [3.8, 4) is 0 Å². The first-order valence-corrected chi connectivity index (χ1v) is 1.44. The fourth-order valence-electron chi connectivity index (χ4n) is 0.0680. The monoisotopic (exact) mass is 275 g/mol. The molecule has 3 nitrogen and oxygen atoms in total. The van der Waals surface area contributed by atoms with Crippen LogP contribution in [-0.2, 0) is 30.0 Å². The van der Waals surface area contributed by atoms with Crippen LogP contribution in [0.2, 0.25) is 0 Å². The summed E-state index contributed by atoms with van der Waals surface area (Å²) in [6.45, 7) is 0.861. The zero-order valence-corrected chi connectivity index (χ0v) is 6.56. The predicted octanol–water partition coefficient (Wildman–Crippen LogP) is -0.723. The molecule has 1 radical (unpaired) electrons. The number of hydrogen-bond donors (Lipinski definition) is 1. The minimum absolute atomic E-state index is 0. The van der Waals surface area contributed by atoms with Gasteiger partial charge in [-0.3, -0.25) is 4.79 Å². The van der Waals surface area contributed by atoms with Crippen molar-refractivity contribution in [2.24, 2.45) is 5.73 Å². The first-order valence-electron chi connectivity index (χ1n) is 1.44. The van der Waals surface area contributed by atoms with Crippen molar-refractivity contribution in [3.63, 3.8) is 0 Å². The zero-order valence-electron chi connectivity index (χ0n) is 3.85. The van der Waals surface area contributed by atoms with Gasteiger partial charge in [0.2, 0.25) is 0 Å². The summed E-state index contributed by atoms with van der Waals surface area (Å²) in [5, 5.41) is 0. The fourth-order valence-corrected chi connectivity index (χ4v) is 0.0680. The Hall–Kier alpha value is -0.0377. The van der Waals surface area contributed by atoms with Crippen LogP contribution in [-0.4, -0.2) is 13.1 Å². The van der Waals surface area contributed by atoms with Gasteiger partial charge in [-0.05, 0) is 0 Å². The molecule has 43 valence electrons. The Balaban J connectivity index is 0. The van der Waals surface area contributed by atoms with E-state index in [0.29, 0.717) is 0 Å². The van der Waals surface area contributed by atoms with Gasteiger partial charge in [-0.25, -0.2) is 6.54 Å². The Morgan fingerprint density at radius 1 is 1.86 bits per heavy atom. The molecule has 0 aromatic carbocycles. The molecule has 0 unspecified atom stereocenters. The fraction of sp³-hybridized carbons (Fsp3) is 0.333. The van der Waals surface area contributed by atoms with Crippen molar-refractivity contribution in [3.05, 3.63) is 6.54 Å². The summed E-state index contributed by atoms with van der Waals surface area (Å²) in [6, 6.07) is 0. The molecular formula is C3H6NO2Re-. The number of hydrogen-bond acceptors (Lipinski definition) is 3. The molecule has 0 bridgehead atoms. The van der Waals surface area contributed by atoms with E-state index in [1.807, 2.05) is 0 Å². The first kappa shape index (κ1) is 10.1. The Morgan fingerprint density at radius 3 is 2.29 bits per heavy atom. The van der Waals surface area contributed by atoms with E-state index in [-0.39, 0.29) is 20.4 Å². The van der Waals surface area contributed by atoms with Crippen LogP contribution in [0.15, 0.2) is 0 Å². The molecule has 0 amide bonds. The van der Waals surface area contributed by atoms with Gasteiger partial charge in [0.25, 0.3) is 0 Å². The van der Waals surface area contributed by atoms with Gasteiger partial charge in [0.1, 0.15) is 0 Å². The van der Waals surface area contributed by atoms with E-state index in [0.717, 1.165) is 6.54 Å². The van der Waals surface area contributed by atoms with Crippen molar-refractivity contribution in [2.45, 2.75) is 0 Å². The van der Waals surface area contributed by atoms with Crippen molar-refractivity contribution in [2.75, 3.05) is 7.11 Å². The maximum absolute atomic E-state index is 9.78. The summed E-state index contributed by atoms with van der Waals surface area (Å²) >= 11 is 0. The van der Waals surface area contributed by atoms with Gasteiger partial charge < -0.3 is 10.5 Å². The molecule has 0 spiro atoms. The molecule has 0 aromatic rings. The van der Waals surface area contributed by atoms with E-state index in [1.54, 1.807) is 0 Å². The molecule has 4 heteroatoms. The second-order valence-corrected chi connectivity index (χ2v) is 0.690. The number of rotatable bonds is 1. The number of nitrogens with two attached hydrogens (primary N) is 1. The van der Waals surface area contributed by atoms with E-state index < -0.39 is 5.97 Å². The second-order valence-electron chi connectivity index (χ2n) is 0.690. The van der Waals surface area contributed by atoms with Crippen LogP contribution >= 0.6 is 0 Å². The third kappa shape index (κ3) is 5.96. The Kier molecular flexibility index (Phi) is 8.56. The smallest absolute Gasteiger partial charge is 0.179 e. The van der Waals surface area contributed by atoms with Crippen LogP contribution in [0.25, 0.3) is 0 Å². The van der Waals surface area contributed by atoms with Crippen molar-refractivity contribution < 1.29 is 30.0 Å². The van der Waals surface area contributed by atoms with Crippen LogP contribution in [0, 0.1) is 6.54 Å². The van der Waals surface area contributed by atoms with E-state index in [2.05, 4.69) is 10.5 Å². The molecule has 0 heterocycles. The minimum Gasteiger partial charge on any atom is -0.490 e. The molecule has 2 N–H and O–H groups in total. The molecule has 0 rings (SSSR count). The van der Waals surface area contributed by atoms with Gasteiger partial charge in [0.05, 0.1) is 7.11 Å². The number of esters is 1. The molecule has 0 saturated carbocycles. The minimum atomic E-state index is -0.505. The van der Waals surface area contributed by atoms with Gasteiger partial charge in [-0.1, -0.05) is 0 Å².